The zero-order chi connectivity index (χ0) is 16.7. The summed E-state index contributed by atoms with van der Waals surface area (Å²) in [6.07, 6.45) is 1.64. The van der Waals surface area contributed by atoms with Crippen LogP contribution in [0.3, 0.4) is 0 Å². The van der Waals surface area contributed by atoms with Gasteiger partial charge >= 0.3 is 0 Å². The van der Waals surface area contributed by atoms with Gasteiger partial charge in [0.25, 0.3) is 0 Å². The van der Waals surface area contributed by atoms with Crippen molar-refractivity contribution in [3.8, 4) is 0 Å². The molecule has 0 spiro atoms. The van der Waals surface area contributed by atoms with Crippen molar-refractivity contribution in [2.24, 2.45) is 7.05 Å². The fourth-order valence-electron chi connectivity index (χ4n) is 3.24. The fraction of sp³-hybridized carbons (Fsp3) is 0.353. The summed E-state index contributed by atoms with van der Waals surface area (Å²) >= 11 is 3.54. The molecule has 1 saturated heterocycles. The molecule has 4 rings (SSSR count). The molecule has 0 saturated carbocycles. The highest BCUT2D eigenvalue weighted by Crippen LogP contribution is 2.33. The van der Waals surface area contributed by atoms with Crippen LogP contribution in [-0.4, -0.2) is 39.4 Å². The first-order valence-electron chi connectivity index (χ1n) is 7.90. The lowest BCUT2D eigenvalue weighted by Crippen LogP contribution is -2.39. The molecule has 0 N–H and O–H groups in total. The zero-order valence-electron chi connectivity index (χ0n) is 13.6. The van der Waals surface area contributed by atoms with Gasteiger partial charge in [-0.3, -0.25) is 0 Å². The quantitative estimate of drug-likeness (QED) is 0.676. The summed E-state index contributed by atoms with van der Waals surface area (Å²) in [5.74, 6) is 0.904. The van der Waals surface area contributed by atoms with Gasteiger partial charge in [0.05, 0.1) is 12.0 Å². The Kier molecular flexibility index (Phi) is 3.97. The second-order valence-electron chi connectivity index (χ2n) is 5.97. The molecule has 0 aliphatic carbocycles. The van der Waals surface area contributed by atoms with Gasteiger partial charge in [0.1, 0.15) is 22.9 Å². The number of morpholine rings is 1. The Morgan fingerprint density at radius 1 is 1.25 bits per heavy atom. The van der Waals surface area contributed by atoms with E-state index in [-0.39, 0.29) is 6.10 Å². The molecular formula is C17H18BrN5O. The van der Waals surface area contributed by atoms with E-state index in [2.05, 4.69) is 67.1 Å². The Balaban J connectivity index is 1.72. The molecule has 3 heterocycles. The number of hydrogen-bond donors (Lipinski definition) is 0. The number of benzene rings is 1. The molecule has 0 amide bonds. The molecule has 0 bridgehead atoms. The molecule has 3 aromatic rings. The fourth-order valence-corrected chi connectivity index (χ4v) is 3.84. The minimum absolute atomic E-state index is 0.0420. The Bertz CT molecular complexity index is 894. The lowest BCUT2D eigenvalue weighted by molar-refractivity contribution is 0.0392. The number of rotatable bonds is 2. The van der Waals surface area contributed by atoms with E-state index < -0.39 is 0 Å². The number of anilines is 1. The van der Waals surface area contributed by atoms with Crippen molar-refractivity contribution in [2.45, 2.75) is 13.0 Å². The lowest BCUT2D eigenvalue weighted by Gasteiger charge is -2.34. The van der Waals surface area contributed by atoms with Gasteiger partial charge in [-0.15, -0.1) is 0 Å². The van der Waals surface area contributed by atoms with Crippen molar-refractivity contribution in [3.05, 3.63) is 46.3 Å². The van der Waals surface area contributed by atoms with E-state index in [0.717, 1.165) is 34.5 Å². The van der Waals surface area contributed by atoms with Gasteiger partial charge in [0, 0.05) is 20.1 Å². The third kappa shape index (κ3) is 2.57. The van der Waals surface area contributed by atoms with E-state index in [4.69, 9.17) is 4.74 Å². The third-order valence-electron chi connectivity index (χ3n) is 4.46. The largest absolute Gasteiger partial charge is 0.370 e. The number of hydrogen-bond acceptors (Lipinski definition) is 5. The molecule has 1 atom stereocenters. The molecule has 1 unspecified atom stereocenters. The summed E-state index contributed by atoms with van der Waals surface area (Å²) in [5, 5.41) is 5.36. The zero-order valence-corrected chi connectivity index (χ0v) is 15.2. The molecule has 6 nitrogen and oxygen atoms in total. The van der Waals surface area contributed by atoms with Crippen LogP contribution in [0.15, 0.2) is 35.2 Å². The lowest BCUT2D eigenvalue weighted by atomic mass is 10.0. The topological polar surface area (TPSA) is 56.1 Å². The minimum Gasteiger partial charge on any atom is -0.370 e. The minimum atomic E-state index is 0.0420. The number of aryl methyl sites for hydroxylation is 2. The highest BCUT2D eigenvalue weighted by Gasteiger charge is 2.26. The Morgan fingerprint density at radius 3 is 2.92 bits per heavy atom. The Hall–Kier alpha value is -1.99. The summed E-state index contributed by atoms with van der Waals surface area (Å²) in [7, 11) is 1.89. The Labute approximate surface area is 148 Å². The van der Waals surface area contributed by atoms with E-state index in [1.54, 1.807) is 11.0 Å². The maximum atomic E-state index is 6.03. The van der Waals surface area contributed by atoms with Crippen molar-refractivity contribution in [1.29, 1.82) is 0 Å². The molecule has 24 heavy (non-hydrogen) atoms. The average Bonchev–Trinajstić information content (AvgIpc) is 2.90. The highest BCUT2D eigenvalue weighted by atomic mass is 79.9. The van der Waals surface area contributed by atoms with Crippen LogP contribution in [0.4, 0.5) is 5.82 Å². The van der Waals surface area contributed by atoms with Gasteiger partial charge in [0.15, 0.2) is 5.65 Å². The van der Waals surface area contributed by atoms with Crippen LogP contribution in [0.1, 0.15) is 17.2 Å². The second kappa shape index (κ2) is 6.14. The maximum absolute atomic E-state index is 6.03. The monoisotopic (exact) mass is 387 g/mol. The smallest absolute Gasteiger partial charge is 0.164 e. The summed E-state index contributed by atoms with van der Waals surface area (Å²) in [6.45, 7) is 4.36. The van der Waals surface area contributed by atoms with Crippen LogP contribution in [0.2, 0.25) is 0 Å². The first-order valence-corrected chi connectivity index (χ1v) is 8.69. The number of ether oxygens (including phenoxy) is 1. The summed E-state index contributed by atoms with van der Waals surface area (Å²) in [6, 6.07) is 8.38. The van der Waals surface area contributed by atoms with E-state index in [9.17, 15) is 0 Å². The van der Waals surface area contributed by atoms with Crippen LogP contribution >= 0.6 is 15.9 Å². The van der Waals surface area contributed by atoms with Gasteiger partial charge in [-0.2, -0.15) is 5.10 Å². The van der Waals surface area contributed by atoms with Crippen molar-refractivity contribution in [3.63, 3.8) is 0 Å². The number of aromatic nitrogens is 4. The summed E-state index contributed by atoms with van der Waals surface area (Å²) in [5.41, 5.74) is 3.31. The van der Waals surface area contributed by atoms with Crippen molar-refractivity contribution >= 4 is 32.8 Å². The van der Waals surface area contributed by atoms with Gasteiger partial charge in [0.2, 0.25) is 0 Å². The van der Waals surface area contributed by atoms with Crippen molar-refractivity contribution in [1.82, 2.24) is 19.7 Å². The first kappa shape index (κ1) is 15.5. The van der Waals surface area contributed by atoms with E-state index in [0.29, 0.717) is 6.61 Å². The normalized spacial score (nSPS) is 18.3. The van der Waals surface area contributed by atoms with Crippen molar-refractivity contribution < 1.29 is 4.74 Å². The first-order chi connectivity index (χ1) is 11.6. The standard InChI is InChI=1S/C17H18BrN5O/c1-11-5-3-4-6-12(11)13-9-23(7-8-24-13)17-14-15(18)21-22(2)16(14)19-10-20-17/h3-6,10,13H,7-9H2,1-2H3. The van der Waals surface area contributed by atoms with Gasteiger partial charge in [-0.1, -0.05) is 24.3 Å². The van der Waals surface area contributed by atoms with Crippen LogP contribution in [0.25, 0.3) is 11.0 Å². The predicted molar refractivity (Wildman–Crippen MR) is 96.1 cm³/mol. The number of nitrogens with zero attached hydrogens (tertiary/aromatic N) is 5. The predicted octanol–water partition coefficient (Wildman–Crippen LogP) is 3.01. The van der Waals surface area contributed by atoms with E-state index in [1.165, 1.54) is 11.1 Å². The maximum Gasteiger partial charge on any atom is 0.164 e. The SMILES string of the molecule is Cc1ccccc1C1CN(c2ncnc3c2c(Br)nn3C)CCO1. The summed E-state index contributed by atoms with van der Waals surface area (Å²) in [4.78, 5) is 11.1. The van der Waals surface area contributed by atoms with E-state index in [1.807, 2.05) is 7.05 Å². The third-order valence-corrected chi connectivity index (χ3v) is 5.01. The van der Waals surface area contributed by atoms with E-state index >= 15 is 0 Å². The molecule has 7 heteroatoms. The number of fused-ring (bicyclic) bond motifs is 1. The molecular weight excluding hydrogens is 370 g/mol. The highest BCUT2D eigenvalue weighted by molar-refractivity contribution is 9.10. The molecule has 1 aliphatic rings. The molecule has 0 radical (unpaired) electrons. The molecule has 1 fully saturated rings. The average molecular weight is 388 g/mol. The van der Waals surface area contributed by atoms with Crippen LogP contribution in [0.5, 0.6) is 0 Å². The molecule has 1 aromatic carbocycles. The molecule has 1 aliphatic heterocycles. The molecule has 2 aromatic heterocycles. The van der Waals surface area contributed by atoms with Crippen LogP contribution < -0.4 is 4.90 Å². The number of halogens is 1. The van der Waals surface area contributed by atoms with Gasteiger partial charge in [-0.25, -0.2) is 14.6 Å². The van der Waals surface area contributed by atoms with Crippen LogP contribution in [-0.2, 0) is 11.8 Å². The second-order valence-corrected chi connectivity index (χ2v) is 6.72. The van der Waals surface area contributed by atoms with Crippen molar-refractivity contribution in [2.75, 3.05) is 24.6 Å². The van der Waals surface area contributed by atoms with Gasteiger partial charge in [-0.05, 0) is 34.0 Å². The van der Waals surface area contributed by atoms with Gasteiger partial charge < -0.3 is 9.64 Å². The summed E-state index contributed by atoms with van der Waals surface area (Å²) < 4.78 is 8.57. The van der Waals surface area contributed by atoms with Crippen LogP contribution in [0, 0.1) is 6.92 Å². The Morgan fingerprint density at radius 2 is 2.08 bits per heavy atom. The molecule has 124 valence electrons.